The molecule has 0 atom stereocenters. The van der Waals surface area contributed by atoms with E-state index in [-0.39, 0.29) is 0 Å². The van der Waals surface area contributed by atoms with Crippen LogP contribution in [-0.4, -0.2) is 24.1 Å². The summed E-state index contributed by atoms with van der Waals surface area (Å²) in [6.45, 7) is 0. The van der Waals surface area contributed by atoms with Gasteiger partial charge in [0.25, 0.3) is 0 Å². The van der Waals surface area contributed by atoms with Crippen LogP contribution >= 0.6 is 11.6 Å². The van der Waals surface area contributed by atoms with Crippen molar-refractivity contribution >= 4 is 17.5 Å². The van der Waals surface area contributed by atoms with Gasteiger partial charge in [-0.1, -0.05) is 11.6 Å². The molecule has 0 saturated heterocycles. The molecule has 0 fully saturated rings. The molecule has 16 heavy (non-hydrogen) atoms. The molecule has 84 valence electrons. The number of rotatable bonds is 3. The van der Waals surface area contributed by atoms with E-state index >= 15 is 0 Å². The minimum absolute atomic E-state index is 0.584. The molecule has 2 N–H and O–H groups in total. The number of aromatic nitrogens is 2. The van der Waals surface area contributed by atoms with E-state index in [2.05, 4.69) is 15.3 Å². The predicted octanol–water partition coefficient (Wildman–Crippen LogP) is 2.78. The fourth-order valence-corrected chi connectivity index (χ4v) is 1.69. The lowest BCUT2D eigenvalue weighted by Crippen LogP contribution is -1.89. The molecule has 4 nitrogen and oxygen atoms in total. The number of nitrogens with zero attached hydrogens (tertiary/aromatic N) is 1. The van der Waals surface area contributed by atoms with Gasteiger partial charge < -0.3 is 15.0 Å². The second kappa shape index (κ2) is 4.45. The summed E-state index contributed by atoms with van der Waals surface area (Å²) < 4.78 is 5.09. The van der Waals surface area contributed by atoms with E-state index in [1.54, 1.807) is 13.3 Å². The number of ether oxygens (including phenoxy) is 1. The van der Waals surface area contributed by atoms with Gasteiger partial charge in [-0.05, 0) is 18.2 Å². The number of hydrogen-bond acceptors (Lipinski definition) is 3. The molecular formula is C11H12ClN3O. The Hall–Kier alpha value is -1.68. The molecule has 0 aliphatic carbocycles. The van der Waals surface area contributed by atoms with Gasteiger partial charge in [0.2, 0.25) is 0 Å². The van der Waals surface area contributed by atoms with Crippen LogP contribution in [-0.2, 0) is 0 Å². The first kappa shape index (κ1) is 10.8. The van der Waals surface area contributed by atoms with Gasteiger partial charge in [-0.2, -0.15) is 0 Å². The Morgan fingerprint density at radius 3 is 2.81 bits per heavy atom. The normalized spacial score (nSPS) is 10.2. The predicted molar refractivity (Wildman–Crippen MR) is 65.1 cm³/mol. The third-order valence-electron chi connectivity index (χ3n) is 2.28. The molecule has 0 aliphatic heterocycles. The van der Waals surface area contributed by atoms with Crippen LogP contribution in [0.4, 0.5) is 5.95 Å². The molecule has 0 aliphatic rings. The molecule has 0 spiro atoms. The van der Waals surface area contributed by atoms with Crippen LogP contribution in [0.25, 0.3) is 11.3 Å². The smallest absolute Gasteiger partial charge is 0.200 e. The number of methoxy groups -OCH3 is 1. The van der Waals surface area contributed by atoms with E-state index < -0.39 is 0 Å². The van der Waals surface area contributed by atoms with E-state index in [1.807, 2.05) is 25.2 Å². The Labute approximate surface area is 98.6 Å². The monoisotopic (exact) mass is 237 g/mol. The van der Waals surface area contributed by atoms with Crippen molar-refractivity contribution in [3.63, 3.8) is 0 Å². The van der Waals surface area contributed by atoms with Gasteiger partial charge >= 0.3 is 0 Å². The zero-order valence-corrected chi connectivity index (χ0v) is 9.80. The standard InChI is InChI=1S/C11H12ClN3O/c1-13-11-14-6-9(15-11)7-3-4-10(16-2)8(12)5-7/h3-6H,1-2H3,(H2,13,14,15). The summed E-state index contributed by atoms with van der Waals surface area (Å²) >= 11 is 6.05. The Bertz CT molecular complexity index is 496. The summed E-state index contributed by atoms with van der Waals surface area (Å²) in [5.74, 6) is 1.39. The number of aromatic amines is 1. The average Bonchev–Trinajstić information content (AvgIpc) is 2.77. The van der Waals surface area contributed by atoms with E-state index in [1.165, 1.54) is 0 Å². The quantitative estimate of drug-likeness (QED) is 0.863. The molecule has 0 saturated carbocycles. The minimum atomic E-state index is 0.584. The summed E-state index contributed by atoms with van der Waals surface area (Å²) in [5.41, 5.74) is 1.88. The Morgan fingerprint density at radius 2 is 2.25 bits per heavy atom. The van der Waals surface area contributed by atoms with Crippen molar-refractivity contribution < 1.29 is 4.74 Å². The molecule has 1 aromatic heterocycles. The summed E-state index contributed by atoms with van der Waals surface area (Å²) in [4.78, 5) is 7.26. The number of H-pyrrole nitrogens is 1. The van der Waals surface area contributed by atoms with Crippen molar-refractivity contribution in [1.82, 2.24) is 9.97 Å². The summed E-state index contributed by atoms with van der Waals surface area (Å²) in [6, 6.07) is 5.60. The molecule has 5 heteroatoms. The molecule has 1 heterocycles. The molecule has 2 rings (SSSR count). The Morgan fingerprint density at radius 1 is 1.44 bits per heavy atom. The van der Waals surface area contributed by atoms with Gasteiger partial charge in [0.05, 0.1) is 24.0 Å². The highest BCUT2D eigenvalue weighted by Gasteiger charge is 2.05. The zero-order chi connectivity index (χ0) is 11.5. The Kier molecular flexibility index (Phi) is 3.01. The first-order chi connectivity index (χ1) is 7.74. The third kappa shape index (κ3) is 1.97. The number of hydrogen-bond donors (Lipinski definition) is 2. The fraction of sp³-hybridized carbons (Fsp3) is 0.182. The lowest BCUT2D eigenvalue weighted by atomic mass is 10.1. The van der Waals surface area contributed by atoms with Crippen molar-refractivity contribution in [2.75, 3.05) is 19.5 Å². The molecule has 0 radical (unpaired) electrons. The first-order valence-corrected chi connectivity index (χ1v) is 5.19. The lowest BCUT2D eigenvalue weighted by molar-refractivity contribution is 0.415. The molecular weight excluding hydrogens is 226 g/mol. The van der Waals surface area contributed by atoms with Gasteiger partial charge in [-0.25, -0.2) is 4.98 Å². The fourth-order valence-electron chi connectivity index (χ4n) is 1.43. The highest BCUT2D eigenvalue weighted by atomic mass is 35.5. The second-order valence-corrected chi connectivity index (χ2v) is 3.65. The van der Waals surface area contributed by atoms with Crippen molar-refractivity contribution in [3.8, 4) is 17.0 Å². The average molecular weight is 238 g/mol. The highest BCUT2D eigenvalue weighted by Crippen LogP contribution is 2.29. The SMILES string of the molecule is CNc1ncc(-c2ccc(OC)c(Cl)c2)[nH]1. The molecule has 0 amide bonds. The van der Waals surface area contributed by atoms with Crippen molar-refractivity contribution in [1.29, 1.82) is 0 Å². The zero-order valence-electron chi connectivity index (χ0n) is 9.04. The summed E-state index contributed by atoms with van der Waals surface area (Å²) in [5, 5.41) is 3.51. The van der Waals surface area contributed by atoms with Crippen molar-refractivity contribution in [3.05, 3.63) is 29.4 Å². The van der Waals surface area contributed by atoms with E-state index in [0.717, 1.165) is 17.2 Å². The topological polar surface area (TPSA) is 49.9 Å². The highest BCUT2D eigenvalue weighted by molar-refractivity contribution is 6.32. The van der Waals surface area contributed by atoms with Crippen molar-refractivity contribution in [2.24, 2.45) is 0 Å². The number of halogens is 1. The van der Waals surface area contributed by atoms with Gasteiger partial charge in [-0.15, -0.1) is 0 Å². The van der Waals surface area contributed by atoms with Crippen LogP contribution in [0.2, 0.25) is 5.02 Å². The van der Waals surface area contributed by atoms with E-state index in [4.69, 9.17) is 16.3 Å². The van der Waals surface area contributed by atoms with E-state index in [0.29, 0.717) is 10.8 Å². The summed E-state index contributed by atoms with van der Waals surface area (Å²) in [7, 11) is 3.40. The lowest BCUT2D eigenvalue weighted by Gasteiger charge is -2.04. The van der Waals surface area contributed by atoms with Crippen LogP contribution in [0.15, 0.2) is 24.4 Å². The minimum Gasteiger partial charge on any atom is -0.495 e. The first-order valence-electron chi connectivity index (χ1n) is 4.81. The van der Waals surface area contributed by atoms with Crippen LogP contribution < -0.4 is 10.1 Å². The molecule has 0 bridgehead atoms. The van der Waals surface area contributed by atoms with Gasteiger partial charge in [0.1, 0.15) is 5.75 Å². The number of nitrogens with one attached hydrogen (secondary N) is 2. The van der Waals surface area contributed by atoms with Crippen LogP contribution in [0.3, 0.4) is 0 Å². The van der Waals surface area contributed by atoms with Crippen LogP contribution in [0.1, 0.15) is 0 Å². The number of anilines is 1. The molecule has 1 aromatic carbocycles. The van der Waals surface area contributed by atoms with Crippen LogP contribution in [0.5, 0.6) is 5.75 Å². The van der Waals surface area contributed by atoms with Gasteiger partial charge in [-0.3, -0.25) is 0 Å². The van der Waals surface area contributed by atoms with E-state index in [9.17, 15) is 0 Å². The van der Waals surface area contributed by atoms with Gasteiger partial charge in [0.15, 0.2) is 5.95 Å². The third-order valence-corrected chi connectivity index (χ3v) is 2.57. The Balaban J connectivity index is 2.37. The maximum absolute atomic E-state index is 6.05. The van der Waals surface area contributed by atoms with Crippen molar-refractivity contribution in [2.45, 2.75) is 0 Å². The van der Waals surface area contributed by atoms with Crippen LogP contribution in [0, 0.1) is 0 Å². The summed E-state index contributed by atoms with van der Waals surface area (Å²) in [6.07, 6.45) is 1.75. The second-order valence-electron chi connectivity index (χ2n) is 3.24. The number of imidazole rings is 1. The maximum Gasteiger partial charge on any atom is 0.200 e. The van der Waals surface area contributed by atoms with Gasteiger partial charge in [0, 0.05) is 12.6 Å². The maximum atomic E-state index is 6.05. The molecule has 2 aromatic rings. The number of benzene rings is 1. The molecule has 0 unspecified atom stereocenters. The largest absolute Gasteiger partial charge is 0.495 e.